The molecule has 0 spiro atoms. The summed E-state index contributed by atoms with van der Waals surface area (Å²) in [4.78, 5) is 12.7. The summed E-state index contributed by atoms with van der Waals surface area (Å²) in [5.74, 6) is 1.98. The molecule has 2 aromatic rings. The number of nitrogens with zero attached hydrogens (tertiary/aromatic N) is 1. The molecule has 2 aromatic carbocycles. The molecule has 1 N–H and O–H groups in total. The lowest BCUT2D eigenvalue weighted by atomic mass is 10.2. The summed E-state index contributed by atoms with van der Waals surface area (Å²) in [6.07, 6.45) is 1.07. The summed E-state index contributed by atoms with van der Waals surface area (Å²) in [6, 6.07) is 9.35. The molecule has 0 radical (unpaired) electrons. The van der Waals surface area contributed by atoms with Crippen molar-refractivity contribution in [2.75, 3.05) is 36.1 Å². The molecule has 3 rings (SSSR count). The van der Waals surface area contributed by atoms with E-state index in [0.717, 1.165) is 21.9 Å². The lowest BCUT2D eigenvalue weighted by molar-refractivity contribution is -0.121. The molecular formula is C21H24Cl2N2O5S2. The number of carbonyl (C=O) groups excluding carboxylic acids is 1. The fraction of sp³-hybridized carbons (Fsp3) is 0.381. The van der Waals surface area contributed by atoms with Gasteiger partial charge < -0.3 is 14.8 Å². The maximum Gasteiger partial charge on any atom is 0.243 e. The molecule has 7 nitrogen and oxygen atoms in total. The zero-order valence-corrected chi connectivity index (χ0v) is 20.8. The number of hydrogen-bond donors (Lipinski definition) is 1. The van der Waals surface area contributed by atoms with Crippen LogP contribution in [0.1, 0.15) is 12.5 Å². The van der Waals surface area contributed by atoms with Crippen LogP contribution < -0.4 is 19.1 Å². The van der Waals surface area contributed by atoms with Crippen molar-refractivity contribution in [3.8, 4) is 11.5 Å². The Labute approximate surface area is 202 Å². The van der Waals surface area contributed by atoms with Crippen LogP contribution >= 0.6 is 35.0 Å². The van der Waals surface area contributed by atoms with E-state index in [1.165, 1.54) is 0 Å². The van der Waals surface area contributed by atoms with Crippen LogP contribution in [0.25, 0.3) is 0 Å². The van der Waals surface area contributed by atoms with Gasteiger partial charge in [-0.05, 0) is 36.8 Å². The van der Waals surface area contributed by atoms with Gasteiger partial charge in [-0.25, -0.2) is 8.42 Å². The number of amides is 1. The normalized spacial score (nSPS) is 14.0. The summed E-state index contributed by atoms with van der Waals surface area (Å²) < 4.78 is 37.1. The predicted octanol–water partition coefficient (Wildman–Crippen LogP) is 3.97. The molecule has 0 unspecified atom stereocenters. The molecule has 32 heavy (non-hydrogen) atoms. The van der Waals surface area contributed by atoms with Crippen LogP contribution in [0.4, 0.5) is 5.69 Å². The molecule has 0 saturated heterocycles. The van der Waals surface area contributed by atoms with E-state index in [1.54, 1.807) is 43.0 Å². The number of hydrogen-bond acceptors (Lipinski definition) is 6. The number of carbonyl (C=O) groups is 1. The van der Waals surface area contributed by atoms with Gasteiger partial charge in [-0.3, -0.25) is 9.10 Å². The number of thioether (sulfide) groups is 1. The summed E-state index contributed by atoms with van der Waals surface area (Å²) in [5, 5.41) is 3.82. The van der Waals surface area contributed by atoms with Crippen molar-refractivity contribution in [3.63, 3.8) is 0 Å². The fourth-order valence-corrected chi connectivity index (χ4v) is 5.48. The highest BCUT2D eigenvalue weighted by molar-refractivity contribution is 7.98. The minimum Gasteiger partial charge on any atom is -0.486 e. The molecule has 11 heteroatoms. The number of benzene rings is 2. The first-order chi connectivity index (χ1) is 15.2. The highest BCUT2D eigenvalue weighted by Gasteiger charge is 2.30. The van der Waals surface area contributed by atoms with Crippen LogP contribution in [-0.2, 0) is 20.6 Å². The van der Waals surface area contributed by atoms with Crippen molar-refractivity contribution < 1.29 is 22.7 Å². The van der Waals surface area contributed by atoms with Crippen molar-refractivity contribution in [1.29, 1.82) is 0 Å². The van der Waals surface area contributed by atoms with Gasteiger partial charge in [-0.2, -0.15) is 11.8 Å². The van der Waals surface area contributed by atoms with Crippen LogP contribution in [0.5, 0.6) is 11.5 Å². The Bertz CT molecular complexity index is 1080. The lowest BCUT2D eigenvalue weighted by Crippen LogP contribution is -2.48. The number of fused-ring (bicyclic) bond motifs is 1. The average molecular weight is 519 g/mol. The van der Waals surface area contributed by atoms with Gasteiger partial charge in [0.05, 0.1) is 22.0 Å². The molecule has 0 bridgehead atoms. The van der Waals surface area contributed by atoms with E-state index in [0.29, 0.717) is 52.7 Å². The molecule has 1 heterocycles. The molecule has 0 aliphatic carbocycles. The van der Waals surface area contributed by atoms with E-state index in [-0.39, 0.29) is 5.91 Å². The predicted molar refractivity (Wildman–Crippen MR) is 130 cm³/mol. The highest BCUT2D eigenvalue weighted by Crippen LogP contribution is 2.35. The summed E-state index contributed by atoms with van der Waals surface area (Å²) in [7, 11) is -3.72. The molecule has 1 aliphatic rings. The van der Waals surface area contributed by atoms with Gasteiger partial charge in [0.15, 0.2) is 11.5 Å². The average Bonchev–Trinajstić information content (AvgIpc) is 2.74. The molecule has 0 fully saturated rings. The van der Waals surface area contributed by atoms with Crippen molar-refractivity contribution in [3.05, 3.63) is 52.0 Å². The lowest BCUT2D eigenvalue weighted by Gasteiger charge is -2.29. The van der Waals surface area contributed by atoms with E-state index in [1.807, 2.05) is 12.1 Å². The third-order valence-electron chi connectivity index (χ3n) is 4.67. The Morgan fingerprint density at radius 3 is 2.53 bits per heavy atom. The Morgan fingerprint density at radius 2 is 1.84 bits per heavy atom. The van der Waals surface area contributed by atoms with Gasteiger partial charge in [0.1, 0.15) is 19.3 Å². The zero-order valence-electron chi connectivity index (χ0n) is 17.6. The Balaban J connectivity index is 1.57. The van der Waals surface area contributed by atoms with Gasteiger partial charge in [0, 0.05) is 24.1 Å². The largest absolute Gasteiger partial charge is 0.486 e. The SMILES string of the molecule is C[C@@H](C(=O)NCCSCc1ccc(Cl)c(Cl)c1)N(c1ccc2c(c1)OCCO2)S(C)(=O)=O. The Morgan fingerprint density at radius 1 is 1.12 bits per heavy atom. The maximum atomic E-state index is 12.7. The van der Waals surface area contributed by atoms with Gasteiger partial charge >= 0.3 is 0 Å². The number of ether oxygens (including phenoxy) is 2. The summed E-state index contributed by atoms with van der Waals surface area (Å²) >= 11 is 13.6. The minimum absolute atomic E-state index is 0.341. The van der Waals surface area contributed by atoms with Gasteiger partial charge in [-0.1, -0.05) is 29.3 Å². The van der Waals surface area contributed by atoms with E-state index >= 15 is 0 Å². The van der Waals surface area contributed by atoms with Gasteiger partial charge in [0.2, 0.25) is 15.9 Å². The third kappa shape index (κ3) is 6.37. The van der Waals surface area contributed by atoms with Gasteiger partial charge in [0.25, 0.3) is 0 Å². The zero-order chi connectivity index (χ0) is 23.3. The summed E-state index contributed by atoms with van der Waals surface area (Å²) in [5.41, 5.74) is 1.37. The van der Waals surface area contributed by atoms with Crippen LogP contribution in [0.3, 0.4) is 0 Å². The molecular weight excluding hydrogens is 495 g/mol. The molecule has 174 valence electrons. The molecule has 0 aromatic heterocycles. The maximum absolute atomic E-state index is 12.7. The smallest absolute Gasteiger partial charge is 0.243 e. The number of halogens is 2. The van der Waals surface area contributed by atoms with Crippen LogP contribution in [0, 0.1) is 0 Å². The quantitative estimate of drug-likeness (QED) is 0.505. The monoisotopic (exact) mass is 518 g/mol. The number of nitrogens with one attached hydrogen (secondary N) is 1. The first kappa shape index (κ1) is 24.8. The Kier molecular flexibility index (Phi) is 8.43. The highest BCUT2D eigenvalue weighted by atomic mass is 35.5. The number of rotatable bonds is 9. The van der Waals surface area contributed by atoms with Crippen molar-refractivity contribution in [1.82, 2.24) is 5.32 Å². The first-order valence-electron chi connectivity index (χ1n) is 9.85. The van der Waals surface area contributed by atoms with Crippen molar-refractivity contribution in [2.45, 2.75) is 18.7 Å². The van der Waals surface area contributed by atoms with Crippen LogP contribution in [-0.4, -0.2) is 52.1 Å². The van der Waals surface area contributed by atoms with E-state index in [9.17, 15) is 13.2 Å². The van der Waals surface area contributed by atoms with Gasteiger partial charge in [-0.15, -0.1) is 0 Å². The second-order valence-corrected chi connectivity index (χ2v) is 10.9. The summed E-state index contributed by atoms with van der Waals surface area (Å²) in [6.45, 7) is 2.76. The minimum atomic E-state index is -3.72. The molecule has 0 saturated carbocycles. The van der Waals surface area contributed by atoms with E-state index in [2.05, 4.69) is 5.32 Å². The second-order valence-electron chi connectivity index (χ2n) is 7.15. The van der Waals surface area contributed by atoms with Crippen molar-refractivity contribution in [2.24, 2.45) is 0 Å². The first-order valence-corrected chi connectivity index (χ1v) is 13.6. The topological polar surface area (TPSA) is 84.9 Å². The van der Waals surface area contributed by atoms with E-state index in [4.69, 9.17) is 32.7 Å². The van der Waals surface area contributed by atoms with E-state index < -0.39 is 16.1 Å². The van der Waals surface area contributed by atoms with Crippen LogP contribution in [0.2, 0.25) is 10.0 Å². The number of sulfonamides is 1. The Hall–Kier alpha value is -1.81. The standard InChI is InChI=1S/C21H24Cl2N2O5S2/c1-14(21(26)24-7-10-31-13-15-3-5-17(22)18(23)11-15)25(32(2,27)28)16-4-6-19-20(12-16)30-9-8-29-19/h3-6,11-12,14H,7-10,13H2,1-2H3,(H,24,26)/t14-/m0/s1. The third-order valence-corrected chi connectivity index (χ3v) is 7.68. The molecule has 1 atom stereocenters. The van der Waals surface area contributed by atoms with Crippen molar-refractivity contribution >= 4 is 56.6 Å². The molecule has 1 aliphatic heterocycles. The second kappa shape index (κ2) is 10.9. The molecule has 1 amide bonds. The number of anilines is 1. The van der Waals surface area contributed by atoms with Crippen LogP contribution in [0.15, 0.2) is 36.4 Å². The fourth-order valence-electron chi connectivity index (χ4n) is 3.19.